The second kappa shape index (κ2) is 4.62. The standard InChI is InChI=1S/C8H14N2O2S/c1-5(13-2)4-9-6-3-7(11)10-8(6)12/h5-6,9H,3-4H2,1-2H3,(H,10,11,12). The molecule has 1 fully saturated rings. The molecule has 2 unspecified atom stereocenters. The molecule has 1 aliphatic heterocycles. The Morgan fingerprint density at radius 1 is 1.69 bits per heavy atom. The molecule has 1 heterocycles. The van der Waals surface area contributed by atoms with E-state index >= 15 is 0 Å². The van der Waals surface area contributed by atoms with Gasteiger partial charge in [-0.1, -0.05) is 6.92 Å². The fourth-order valence-electron chi connectivity index (χ4n) is 1.11. The van der Waals surface area contributed by atoms with Crippen LogP contribution in [0.1, 0.15) is 13.3 Å². The molecule has 1 aliphatic rings. The molecule has 0 aromatic heterocycles. The molecule has 0 bridgehead atoms. The van der Waals surface area contributed by atoms with Gasteiger partial charge in [-0.15, -0.1) is 0 Å². The summed E-state index contributed by atoms with van der Waals surface area (Å²) in [6.45, 7) is 2.83. The van der Waals surface area contributed by atoms with Crippen LogP contribution in [0.4, 0.5) is 0 Å². The largest absolute Gasteiger partial charge is 0.304 e. The molecule has 0 aliphatic carbocycles. The minimum Gasteiger partial charge on any atom is -0.304 e. The Bertz CT molecular complexity index is 220. The Hall–Kier alpha value is -0.550. The number of hydrogen-bond acceptors (Lipinski definition) is 4. The van der Waals surface area contributed by atoms with Crippen molar-refractivity contribution in [2.75, 3.05) is 12.8 Å². The first kappa shape index (κ1) is 10.5. The molecule has 2 atom stereocenters. The number of carbonyl (C=O) groups excluding carboxylic acids is 2. The Morgan fingerprint density at radius 3 is 2.85 bits per heavy atom. The van der Waals surface area contributed by atoms with Gasteiger partial charge < -0.3 is 5.32 Å². The van der Waals surface area contributed by atoms with Crippen LogP contribution in [0.5, 0.6) is 0 Å². The molecule has 1 rings (SSSR count). The molecule has 2 N–H and O–H groups in total. The Labute approximate surface area is 81.8 Å². The summed E-state index contributed by atoms with van der Waals surface area (Å²) in [5.41, 5.74) is 0. The molecule has 74 valence electrons. The van der Waals surface area contributed by atoms with Gasteiger partial charge in [-0.3, -0.25) is 14.9 Å². The Morgan fingerprint density at radius 2 is 2.38 bits per heavy atom. The van der Waals surface area contributed by atoms with Gasteiger partial charge in [0.05, 0.1) is 12.5 Å². The number of carbonyl (C=O) groups is 2. The lowest BCUT2D eigenvalue weighted by molar-refractivity contribution is -0.125. The van der Waals surface area contributed by atoms with E-state index < -0.39 is 0 Å². The number of imide groups is 1. The number of thioether (sulfide) groups is 1. The predicted molar refractivity (Wildman–Crippen MR) is 52.5 cm³/mol. The van der Waals surface area contributed by atoms with Crippen molar-refractivity contribution in [1.29, 1.82) is 0 Å². The molecule has 13 heavy (non-hydrogen) atoms. The summed E-state index contributed by atoms with van der Waals surface area (Å²) in [4.78, 5) is 21.9. The highest BCUT2D eigenvalue weighted by Crippen LogP contribution is 2.06. The first-order chi connectivity index (χ1) is 6.13. The summed E-state index contributed by atoms with van der Waals surface area (Å²) >= 11 is 1.73. The highest BCUT2D eigenvalue weighted by Gasteiger charge is 2.29. The van der Waals surface area contributed by atoms with E-state index in [0.29, 0.717) is 5.25 Å². The summed E-state index contributed by atoms with van der Waals surface area (Å²) < 4.78 is 0. The van der Waals surface area contributed by atoms with Crippen molar-refractivity contribution < 1.29 is 9.59 Å². The van der Waals surface area contributed by atoms with Crippen LogP contribution in [0.15, 0.2) is 0 Å². The average molecular weight is 202 g/mol. The van der Waals surface area contributed by atoms with Gasteiger partial charge in [0.2, 0.25) is 11.8 Å². The van der Waals surface area contributed by atoms with Crippen LogP contribution < -0.4 is 10.6 Å². The zero-order valence-electron chi connectivity index (χ0n) is 7.79. The van der Waals surface area contributed by atoms with Gasteiger partial charge in [-0.2, -0.15) is 11.8 Å². The third-order valence-electron chi connectivity index (χ3n) is 2.02. The van der Waals surface area contributed by atoms with Crippen molar-refractivity contribution in [3.8, 4) is 0 Å². The lowest BCUT2D eigenvalue weighted by Gasteiger charge is -2.12. The SMILES string of the molecule is CSC(C)CNC1CC(=O)NC1=O. The number of hydrogen-bond donors (Lipinski definition) is 2. The van der Waals surface area contributed by atoms with Gasteiger partial charge in [0.25, 0.3) is 0 Å². The smallest absolute Gasteiger partial charge is 0.244 e. The Balaban J connectivity index is 2.29. The minimum absolute atomic E-state index is 0.181. The summed E-state index contributed by atoms with van der Waals surface area (Å²) in [6, 6.07) is -0.318. The van der Waals surface area contributed by atoms with E-state index in [1.54, 1.807) is 11.8 Å². The molecule has 0 radical (unpaired) electrons. The zero-order chi connectivity index (χ0) is 9.84. The van der Waals surface area contributed by atoms with E-state index in [0.717, 1.165) is 6.54 Å². The van der Waals surface area contributed by atoms with Crippen molar-refractivity contribution in [3.63, 3.8) is 0 Å². The highest BCUT2D eigenvalue weighted by atomic mass is 32.2. The average Bonchev–Trinajstić information content (AvgIpc) is 2.41. The molecule has 0 aromatic carbocycles. The molecule has 2 amide bonds. The first-order valence-electron chi connectivity index (χ1n) is 4.23. The van der Waals surface area contributed by atoms with E-state index in [2.05, 4.69) is 17.6 Å². The topological polar surface area (TPSA) is 58.2 Å². The quantitative estimate of drug-likeness (QED) is 0.617. The van der Waals surface area contributed by atoms with Crippen LogP contribution >= 0.6 is 11.8 Å². The van der Waals surface area contributed by atoms with Crippen molar-refractivity contribution in [2.24, 2.45) is 0 Å². The summed E-state index contributed by atoms with van der Waals surface area (Å²) in [5.74, 6) is -0.377. The number of rotatable bonds is 4. The second-order valence-electron chi connectivity index (χ2n) is 3.12. The van der Waals surface area contributed by atoms with E-state index in [1.165, 1.54) is 0 Å². The Kier molecular flexibility index (Phi) is 3.74. The summed E-state index contributed by atoms with van der Waals surface area (Å²) in [5, 5.41) is 5.78. The van der Waals surface area contributed by atoms with E-state index in [1.807, 2.05) is 6.26 Å². The number of amides is 2. The van der Waals surface area contributed by atoms with E-state index in [9.17, 15) is 9.59 Å². The molecular weight excluding hydrogens is 188 g/mol. The fraction of sp³-hybridized carbons (Fsp3) is 0.750. The van der Waals surface area contributed by atoms with Crippen molar-refractivity contribution in [3.05, 3.63) is 0 Å². The van der Waals surface area contributed by atoms with Crippen LogP contribution in [-0.2, 0) is 9.59 Å². The van der Waals surface area contributed by atoms with Crippen molar-refractivity contribution >= 4 is 23.6 Å². The normalized spacial score (nSPS) is 24.6. The van der Waals surface area contributed by atoms with Crippen LogP contribution in [0, 0.1) is 0 Å². The van der Waals surface area contributed by atoms with E-state index in [4.69, 9.17) is 0 Å². The molecular formula is C8H14N2O2S. The minimum atomic E-state index is -0.318. The molecule has 5 heteroatoms. The second-order valence-corrected chi connectivity index (χ2v) is 4.40. The van der Waals surface area contributed by atoms with Gasteiger partial charge in [-0.05, 0) is 6.26 Å². The maximum atomic E-state index is 11.1. The predicted octanol–water partition coefficient (Wildman–Crippen LogP) is -0.257. The van der Waals surface area contributed by atoms with Crippen LogP contribution in [-0.4, -0.2) is 35.9 Å². The van der Waals surface area contributed by atoms with Crippen molar-refractivity contribution in [2.45, 2.75) is 24.6 Å². The third-order valence-corrected chi connectivity index (χ3v) is 2.99. The van der Waals surface area contributed by atoms with Crippen LogP contribution in [0.3, 0.4) is 0 Å². The fourth-order valence-corrected chi connectivity index (χ4v) is 1.37. The maximum Gasteiger partial charge on any atom is 0.244 e. The number of nitrogens with one attached hydrogen (secondary N) is 2. The lowest BCUT2D eigenvalue weighted by atomic mass is 10.2. The summed E-state index contributed by atoms with van der Waals surface area (Å²) in [7, 11) is 0. The molecule has 0 saturated carbocycles. The van der Waals surface area contributed by atoms with Crippen molar-refractivity contribution in [1.82, 2.24) is 10.6 Å². The van der Waals surface area contributed by atoms with Crippen LogP contribution in [0.2, 0.25) is 0 Å². The lowest BCUT2D eigenvalue weighted by Crippen LogP contribution is -2.39. The molecule has 4 nitrogen and oxygen atoms in total. The monoisotopic (exact) mass is 202 g/mol. The van der Waals surface area contributed by atoms with Gasteiger partial charge in [0.15, 0.2) is 0 Å². The van der Waals surface area contributed by atoms with Gasteiger partial charge in [0, 0.05) is 11.8 Å². The molecule has 0 spiro atoms. The van der Waals surface area contributed by atoms with Gasteiger partial charge in [0.1, 0.15) is 0 Å². The third kappa shape index (κ3) is 3.00. The van der Waals surface area contributed by atoms with Crippen LogP contribution in [0.25, 0.3) is 0 Å². The first-order valence-corrected chi connectivity index (χ1v) is 5.52. The van der Waals surface area contributed by atoms with Gasteiger partial charge in [-0.25, -0.2) is 0 Å². The molecule has 0 aromatic rings. The molecule has 1 saturated heterocycles. The highest BCUT2D eigenvalue weighted by molar-refractivity contribution is 7.99. The van der Waals surface area contributed by atoms with Gasteiger partial charge >= 0.3 is 0 Å². The summed E-state index contributed by atoms with van der Waals surface area (Å²) in [6.07, 6.45) is 2.30. The van der Waals surface area contributed by atoms with E-state index in [-0.39, 0.29) is 24.3 Å². The maximum absolute atomic E-state index is 11.1. The zero-order valence-corrected chi connectivity index (χ0v) is 8.61.